The molecule has 0 amide bonds. The van der Waals surface area contributed by atoms with E-state index in [0.29, 0.717) is 10.2 Å². The number of aromatic nitrogens is 1. The summed E-state index contributed by atoms with van der Waals surface area (Å²) in [4.78, 5) is 4.45. The van der Waals surface area contributed by atoms with Gasteiger partial charge < -0.3 is 4.42 Å². The molecule has 0 radical (unpaired) electrons. The van der Waals surface area contributed by atoms with Crippen LogP contribution in [-0.4, -0.2) is 4.98 Å². The van der Waals surface area contributed by atoms with Gasteiger partial charge in [-0.25, -0.2) is 4.98 Å². The standard InChI is InChI=1S/C15H7Cl2NO/c16-8-5-6-9-11(7-8)15(17)18-13-10-3-1-2-4-12(10)19-14(9)13/h1-7H. The normalized spacial score (nSPS) is 11.7. The molecule has 2 aromatic heterocycles. The lowest BCUT2D eigenvalue weighted by Gasteiger charge is -2.01. The molecule has 0 unspecified atom stereocenters. The molecule has 0 atom stereocenters. The second-order valence-electron chi connectivity index (χ2n) is 4.37. The zero-order valence-corrected chi connectivity index (χ0v) is 11.2. The minimum atomic E-state index is 0.441. The fraction of sp³-hybridized carbons (Fsp3) is 0. The Balaban J connectivity index is 2.32. The maximum Gasteiger partial charge on any atom is 0.161 e. The molecule has 2 nitrogen and oxygen atoms in total. The van der Waals surface area contributed by atoms with Gasteiger partial charge in [0.25, 0.3) is 0 Å². The number of nitrogens with zero attached hydrogens (tertiary/aromatic N) is 1. The molecule has 0 spiro atoms. The lowest BCUT2D eigenvalue weighted by atomic mass is 10.1. The lowest BCUT2D eigenvalue weighted by molar-refractivity contribution is 0.672. The van der Waals surface area contributed by atoms with Crippen LogP contribution in [0, 0.1) is 0 Å². The van der Waals surface area contributed by atoms with Crippen LogP contribution in [0.1, 0.15) is 0 Å². The van der Waals surface area contributed by atoms with Gasteiger partial charge in [-0.05, 0) is 30.3 Å². The van der Waals surface area contributed by atoms with Gasteiger partial charge in [0, 0.05) is 21.2 Å². The molecule has 2 aromatic carbocycles. The van der Waals surface area contributed by atoms with Crippen LogP contribution in [0.15, 0.2) is 46.9 Å². The molecular formula is C15H7Cl2NO. The molecule has 0 aliphatic heterocycles. The van der Waals surface area contributed by atoms with Crippen molar-refractivity contribution < 1.29 is 4.42 Å². The van der Waals surface area contributed by atoms with Crippen molar-refractivity contribution in [2.24, 2.45) is 0 Å². The van der Waals surface area contributed by atoms with Gasteiger partial charge in [0.2, 0.25) is 0 Å². The second-order valence-corrected chi connectivity index (χ2v) is 5.16. The van der Waals surface area contributed by atoms with E-state index in [1.807, 2.05) is 36.4 Å². The van der Waals surface area contributed by atoms with Crippen LogP contribution in [0.25, 0.3) is 32.8 Å². The zero-order valence-electron chi connectivity index (χ0n) is 9.65. The molecule has 2 heterocycles. The third-order valence-electron chi connectivity index (χ3n) is 3.23. The number of fused-ring (bicyclic) bond motifs is 5. The first-order valence-corrected chi connectivity index (χ1v) is 6.55. The Hall–Kier alpha value is -1.77. The summed E-state index contributed by atoms with van der Waals surface area (Å²) in [5.41, 5.74) is 2.34. The number of furan rings is 1. The fourth-order valence-corrected chi connectivity index (χ4v) is 2.78. The van der Waals surface area contributed by atoms with Crippen LogP contribution in [-0.2, 0) is 0 Å². The Labute approximate surface area is 118 Å². The van der Waals surface area contributed by atoms with Gasteiger partial charge in [0.1, 0.15) is 16.3 Å². The number of hydrogen-bond donors (Lipinski definition) is 0. The quantitative estimate of drug-likeness (QED) is 0.403. The van der Waals surface area contributed by atoms with E-state index >= 15 is 0 Å². The molecule has 0 fully saturated rings. The Morgan fingerprint density at radius 1 is 0.895 bits per heavy atom. The van der Waals surface area contributed by atoms with Gasteiger partial charge in [0.05, 0.1) is 0 Å². The molecule has 4 rings (SSSR count). The van der Waals surface area contributed by atoms with Gasteiger partial charge in [0.15, 0.2) is 5.58 Å². The summed E-state index contributed by atoms with van der Waals surface area (Å²) < 4.78 is 5.90. The molecule has 4 heteroatoms. The molecule has 4 aromatic rings. The van der Waals surface area contributed by atoms with Crippen LogP contribution in [0.5, 0.6) is 0 Å². The summed E-state index contributed by atoms with van der Waals surface area (Å²) in [6.07, 6.45) is 0. The average molecular weight is 288 g/mol. The Kier molecular flexibility index (Phi) is 2.25. The van der Waals surface area contributed by atoms with E-state index in [0.717, 1.165) is 32.8 Å². The van der Waals surface area contributed by atoms with Crippen molar-refractivity contribution in [2.75, 3.05) is 0 Å². The highest BCUT2D eigenvalue weighted by molar-refractivity contribution is 6.37. The highest BCUT2D eigenvalue weighted by Gasteiger charge is 2.14. The summed E-state index contributed by atoms with van der Waals surface area (Å²) in [5.74, 6) is 0. The fourth-order valence-electron chi connectivity index (χ4n) is 2.37. The van der Waals surface area contributed by atoms with E-state index < -0.39 is 0 Å². The van der Waals surface area contributed by atoms with Crippen LogP contribution >= 0.6 is 23.2 Å². The topological polar surface area (TPSA) is 26.0 Å². The van der Waals surface area contributed by atoms with Crippen molar-refractivity contribution in [3.63, 3.8) is 0 Å². The van der Waals surface area contributed by atoms with Gasteiger partial charge >= 0.3 is 0 Å². The van der Waals surface area contributed by atoms with E-state index in [1.165, 1.54) is 0 Å². The van der Waals surface area contributed by atoms with Gasteiger partial charge in [-0.2, -0.15) is 0 Å². The number of para-hydroxylation sites is 1. The van der Waals surface area contributed by atoms with E-state index in [2.05, 4.69) is 4.98 Å². The van der Waals surface area contributed by atoms with E-state index in [1.54, 1.807) is 6.07 Å². The number of rotatable bonds is 0. The van der Waals surface area contributed by atoms with Crippen molar-refractivity contribution >= 4 is 56.0 Å². The first-order chi connectivity index (χ1) is 9.24. The first-order valence-electron chi connectivity index (χ1n) is 5.80. The van der Waals surface area contributed by atoms with Crippen LogP contribution < -0.4 is 0 Å². The third kappa shape index (κ3) is 1.54. The monoisotopic (exact) mass is 287 g/mol. The zero-order chi connectivity index (χ0) is 13.0. The van der Waals surface area contributed by atoms with Crippen LogP contribution in [0.3, 0.4) is 0 Å². The SMILES string of the molecule is Clc1ccc2c(c1)c(Cl)nc1c3ccccc3oc21. The predicted molar refractivity (Wildman–Crippen MR) is 79.0 cm³/mol. The van der Waals surface area contributed by atoms with Crippen LogP contribution in [0.4, 0.5) is 0 Å². The van der Waals surface area contributed by atoms with E-state index in [9.17, 15) is 0 Å². The number of hydrogen-bond acceptors (Lipinski definition) is 2. The van der Waals surface area contributed by atoms with Crippen molar-refractivity contribution in [2.45, 2.75) is 0 Å². The second kappa shape index (κ2) is 3.86. The minimum absolute atomic E-state index is 0.441. The van der Waals surface area contributed by atoms with Crippen molar-refractivity contribution in [1.29, 1.82) is 0 Å². The summed E-state index contributed by atoms with van der Waals surface area (Å²) in [6, 6.07) is 13.3. The number of benzene rings is 2. The highest BCUT2D eigenvalue weighted by Crippen LogP contribution is 2.36. The van der Waals surface area contributed by atoms with E-state index in [4.69, 9.17) is 27.6 Å². The molecular weight excluding hydrogens is 281 g/mol. The minimum Gasteiger partial charge on any atom is -0.454 e. The molecule has 0 N–H and O–H groups in total. The summed E-state index contributed by atoms with van der Waals surface area (Å²) in [7, 11) is 0. The third-order valence-corrected chi connectivity index (χ3v) is 3.75. The maximum absolute atomic E-state index is 6.25. The molecule has 0 saturated heterocycles. The summed E-state index contributed by atoms with van der Waals surface area (Å²) in [6.45, 7) is 0. The van der Waals surface area contributed by atoms with Gasteiger partial charge in [-0.15, -0.1) is 0 Å². The summed E-state index contributed by atoms with van der Waals surface area (Å²) in [5, 5.41) is 3.77. The highest BCUT2D eigenvalue weighted by atomic mass is 35.5. The molecule has 0 saturated carbocycles. The smallest absolute Gasteiger partial charge is 0.161 e. The van der Waals surface area contributed by atoms with Crippen molar-refractivity contribution in [3.05, 3.63) is 52.6 Å². The molecule has 0 aliphatic carbocycles. The van der Waals surface area contributed by atoms with Gasteiger partial charge in [-0.1, -0.05) is 35.3 Å². The molecule has 0 bridgehead atoms. The summed E-state index contributed by atoms with van der Waals surface area (Å²) >= 11 is 12.3. The molecule has 0 aliphatic rings. The van der Waals surface area contributed by atoms with E-state index in [-0.39, 0.29) is 0 Å². The largest absolute Gasteiger partial charge is 0.454 e. The van der Waals surface area contributed by atoms with Crippen LogP contribution in [0.2, 0.25) is 10.2 Å². The Morgan fingerprint density at radius 2 is 1.74 bits per heavy atom. The van der Waals surface area contributed by atoms with Crippen molar-refractivity contribution in [3.8, 4) is 0 Å². The number of halogens is 2. The molecule has 92 valence electrons. The maximum atomic E-state index is 6.25. The number of pyridine rings is 1. The van der Waals surface area contributed by atoms with Gasteiger partial charge in [-0.3, -0.25) is 0 Å². The molecule has 19 heavy (non-hydrogen) atoms. The predicted octanol–water partition coefficient (Wildman–Crippen LogP) is 5.44. The Bertz CT molecular complexity index is 943. The lowest BCUT2D eigenvalue weighted by Crippen LogP contribution is -1.81. The Morgan fingerprint density at radius 3 is 2.63 bits per heavy atom. The first kappa shape index (κ1) is 11.1. The average Bonchev–Trinajstić information content (AvgIpc) is 2.78. The van der Waals surface area contributed by atoms with Crippen molar-refractivity contribution in [1.82, 2.24) is 4.98 Å².